The van der Waals surface area contributed by atoms with Crippen molar-refractivity contribution in [1.29, 1.82) is 0 Å². The molecule has 1 atom stereocenters. The summed E-state index contributed by atoms with van der Waals surface area (Å²) < 4.78 is 0. The SMILES string of the molecule is O=C(c1cccnc1)N1N=CCC1C1CC1. The van der Waals surface area contributed by atoms with Gasteiger partial charge in [0.15, 0.2) is 0 Å². The van der Waals surface area contributed by atoms with Crippen LogP contribution in [0, 0.1) is 5.92 Å². The molecule has 0 radical (unpaired) electrons. The molecular formula is C12H13N3O. The molecule has 2 heterocycles. The third-order valence-electron chi connectivity index (χ3n) is 3.15. The van der Waals surface area contributed by atoms with Crippen molar-refractivity contribution in [2.24, 2.45) is 11.0 Å². The zero-order valence-corrected chi connectivity index (χ0v) is 8.91. The summed E-state index contributed by atoms with van der Waals surface area (Å²) in [6, 6.07) is 3.85. The minimum atomic E-state index is -0.0289. The molecular weight excluding hydrogens is 202 g/mol. The molecule has 0 aromatic carbocycles. The van der Waals surface area contributed by atoms with Gasteiger partial charge in [-0.05, 0) is 30.9 Å². The molecule has 1 aromatic rings. The highest BCUT2D eigenvalue weighted by atomic mass is 16.2. The van der Waals surface area contributed by atoms with Gasteiger partial charge in [-0.3, -0.25) is 9.78 Å². The van der Waals surface area contributed by atoms with E-state index < -0.39 is 0 Å². The van der Waals surface area contributed by atoms with Crippen LogP contribution in [-0.2, 0) is 0 Å². The number of rotatable bonds is 2. The van der Waals surface area contributed by atoms with E-state index in [1.807, 2.05) is 6.21 Å². The second-order valence-corrected chi connectivity index (χ2v) is 4.33. The summed E-state index contributed by atoms with van der Waals surface area (Å²) in [4.78, 5) is 16.1. The predicted octanol–water partition coefficient (Wildman–Crippen LogP) is 1.69. The van der Waals surface area contributed by atoms with Gasteiger partial charge in [0.05, 0.1) is 11.6 Å². The Hall–Kier alpha value is -1.71. The molecule has 1 fully saturated rings. The third kappa shape index (κ3) is 1.60. The molecule has 0 saturated heterocycles. The Morgan fingerprint density at radius 3 is 3.00 bits per heavy atom. The average molecular weight is 215 g/mol. The second kappa shape index (κ2) is 3.70. The Bertz CT molecular complexity index is 425. The van der Waals surface area contributed by atoms with Crippen molar-refractivity contribution in [3.05, 3.63) is 30.1 Å². The molecule has 1 aromatic heterocycles. The number of carbonyl (C=O) groups is 1. The molecule has 16 heavy (non-hydrogen) atoms. The fourth-order valence-corrected chi connectivity index (χ4v) is 2.13. The van der Waals surface area contributed by atoms with Crippen molar-refractivity contribution in [3.8, 4) is 0 Å². The minimum absolute atomic E-state index is 0.0289. The fraction of sp³-hybridized carbons (Fsp3) is 0.417. The maximum atomic E-state index is 12.2. The van der Waals surface area contributed by atoms with Crippen LogP contribution in [0.2, 0.25) is 0 Å². The Balaban J connectivity index is 1.81. The summed E-state index contributed by atoms with van der Waals surface area (Å²) in [5, 5.41) is 5.82. The van der Waals surface area contributed by atoms with Gasteiger partial charge in [-0.2, -0.15) is 5.10 Å². The predicted molar refractivity (Wildman–Crippen MR) is 60.0 cm³/mol. The zero-order valence-electron chi connectivity index (χ0n) is 8.91. The van der Waals surface area contributed by atoms with Crippen molar-refractivity contribution in [3.63, 3.8) is 0 Å². The van der Waals surface area contributed by atoms with E-state index in [1.165, 1.54) is 12.8 Å². The summed E-state index contributed by atoms with van der Waals surface area (Å²) in [7, 11) is 0. The van der Waals surface area contributed by atoms with Crippen molar-refractivity contribution in [2.75, 3.05) is 0 Å². The first-order chi connectivity index (χ1) is 7.86. The van der Waals surface area contributed by atoms with Crippen LogP contribution in [0.25, 0.3) is 0 Å². The fourth-order valence-electron chi connectivity index (χ4n) is 2.13. The summed E-state index contributed by atoms with van der Waals surface area (Å²) in [5.74, 6) is 0.627. The average Bonchev–Trinajstić information content (AvgIpc) is 3.07. The molecule has 2 aliphatic rings. The standard InChI is InChI=1S/C12H13N3O/c16-12(10-2-1-6-13-8-10)15-11(5-7-14-15)9-3-4-9/h1-2,6-9,11H,3-5H2. The first-order valence-corrected chi connectivity index (χ1v) is 5.62. The first kappa shape index (κ1) is 9.51. The number of pyridine rings is 1. The number of hydrogen-bond acceptors (Lipinski definition) is 3. The lowest BCUT2D eigenvalue weighted by atomic mass is 10.1. The Morgan fingerprint density at radius 2 is 2.31 bits per heavy atom. The van der Waals surface area contributed by atoms with Crippen LogP contribution in [0.4, 0.5) is 0 Å². The van der Waals surface area contributed by atoms with Crippen LogP contribution < -0.4 is 0 Å². The largest absolute Gasteiger partial charge is 0.275 e. The van der Waals surface area contributed by atoms with E-state index >= 15 is 0 Å². The van der Waals surface area contributed by atoms with Crippen LogP contribution >= 0.6 is 0 Å². The molecule has 1 saturated carbocycles. The quantitative estimate of drug-likeness (QED) is 0.753. The Morgan fingerprint density at radius 1 is 1.44 bits per heavy atom. The van der Waals surface area contributed by atoms with Crippen LogP contribution in [0.5, 0.6) is 0 Å². The van der Waals surface area contributed by atoms with Gasteiger partial charge < -0.3 is 0 Å². The summed E-state index contributed by atoms with van der Waals surface area (Å²) in [6.45, 7) is 0. The molecule has 1 unspecified atom stereocenters. The molecule has 1 aliphatic heterocycles. The van der Waals surface area contributed by atoms with E-state index in [-0.39, 0.29) is 11.9 Å². The Kier molecular flexibility index (Phi) is 2.20. The number of carbonyl (C=O) groups excluding carboxylic acids is 1. The number of hydrogen-bond donors (Lipinski definition) is 0. The van der Waals surface area contributed by atoms with E-state index in [4.69, 9.17) is 0 Å². The lowest BCUT2D eigenvalue weighted by Crippen LogP contribution is -2.34. The number of aromatic nitrogens is 1. The highest BCUT2D eigenvalue weighted by molar-refractivity contribution is 5.95. The lowest BCUT2D eigenvalue weighted by Gasteiger charge is -2.21. The molecule has 4 nitrogen and oxygen atoms in total. The lowest BCUT2D eigenvalue weighted by molar-refractivity contribution is 0.0693. The van der Waals surface area contributed by atoms with E-state index in [1.54, 1.807) is 29.5 Å². The highest BCUT2D eigenvalue weighted by Gasteiger charge is 2.39. The molecule has 0 spiro atoms. The van der Waals surface area contributed by atoms with Gasteiger partial charge >= 0.3 is 0 Å². The molecule has 1 amide bonds. The smallest absolute Gasteiger partial charge is 0.267 e. The normalized spacial score (nSPS) is 23.8. The molecule has 0 bridgehead atoms. The van der Waals surface area contributed by atoms with Crippen molar-refractivity contribution >= 4 is 12.1 Å². The van der Waals surface area contributed by atoms with Gasteiger partial charge in [0, 0.05) is 25.0 Å². The van der Waals surface area contributed by atoms with Crippen molar-refractivity contribution < 1.29 is 4.79 Å². The van der Waals surface area contributed by atoms with E-state index in [0.717, 1.165) is 6.42 Å². The summed E-state index contributed by atoms with van der Waals surface area (Å²) in [6.07, 6.45) is 8.46. The van der Waals surface area contributed by atoms with Gasteiger partial charge in [0.2, 0.25) is 0 Å². The molecule has 82 valence electrons. The monoisotopic (exact) mass is 215 g/mol. The summed E-state index contributed by atoms with van der Waals surface area (Å²) in [5.41, 5.74) is 0.618. The van der Waals surface area contributed by atoms with E-state index in [9.17, 15) is 4.79 Å². The van der Waals surface area contributed by atoms with Crippen LogP contribution in [0.3, 0.4) is 0 Å². The highest BCUT2D eigenvalue weighted by Crippen LogP contribution is 2.38. The molecule has 3 rings (SSSR count). The Labute approximate surface area is 94.0 Å². The topological polar surface area (TPSA) is 45.6 Å². The van der Waals surface area contributed by atoms with Crippen LogP contribution in [0.1, 0.15) is 29.6 Å². The molecule has 4 heteroatoms. The molecule has 1 aliphatic carbocycles. The maximum Gasteiger partial charge on any atom is 0.275 e. The van der Waals surface area contributed by atoms with Gasteiger partial charge in [-0.1, -0.05) is 0 Å². The van der Waals surface area contributed by atoms with Gasteiger partial charge in [0.1, 0.15) is 0 Å². The van der Waals surface area contributed by atoms with Crippen LogP contribution in [-0.4, -0.2) is 28.2 Å². The minimum Gasteiger partial charge on any atom is -0.267 e. The van der Waals surface area contributed by atoms with Gasteiger partial charge in [-0.25, -0.2) is 5.01 Å². The summed E-state index contributed by atoms with van der Waals surface area (Å²) >= 11 is 0. The van der Waals surface area contributed by atoms with Crippen molar-refractivity contribution in [1.82, 2.24) is 9.99 Å². The molecule has 0 N–H and O–H groups in total. The number of nitrogens with zero attached hydrogens (tertiary/aromatic N) is 3. The number of hydrazone groups is 1. The maximum absolute atomic E-state index is 12.2. The first-order valence-electron chi connectivity index (χ1n) is 5.62. The van der Waals surface area contributed by atoms with Crippen molar-refractivity contribution in [2.45, 2.75) is 25.3 Å². The second-order valence-electron chi connectivity index (χ2n) is 4.33. The third-order valence-corrected chi connectivity index (χ3v) is 3.15. The van der Waals surface area contributed by atoms with Crippen LogP contribution in [0.15, 0.2) is 29.6 Å². The number of amides is 1. The van der Waals surface area contributed by atoms with E-state index in [2.05, 4.69) is 10.1 Å². The van der Waals surface area contributed by atoms with Gasteiger partial charge in [-0.15, -0.1) is 0 Å². The zero-order chi connectivity index (χ0) is 11.0. The van der Waals surface area contributed by atoms with Gasteiger partial charge in [0.25, 0.3) is 5.91 Å². The van der Waals surface area contributed by atoms with E-state index in [0.29, 0.717) is 11.5 Å².